The van der Waals surface area contributed by atoms with Gasteiger partial charge in [0.1, 0.15) is 17.7 Å². The monoisotopic (exact) mass is 286 g/mol. The SMILES string of the molecule is CC(O)(c1cncnc1)c1cc(F)c(Cl)cc1Cl. The van der Waals surface area contributed by atoms with E-state index in [-0.39, 0.29) is 15.6 Å². The van der Waals surface area contributed by atoms with E-state index in [2.05, 4.69) is 9.97 Å². The summed E-state index contributed by atoms with van der Waals surface area (Å²) in [6.07, 6.45) is 4.22. The maximum absolute atomic E-state index is 13.5. The van der Waals surface area contributed by atoms with Crippen LogP contribution >= 0.6 is 23.2 Å². The summed E-state index contributed by atoms with van der Waals surface area (Å²) >= 11 is 11.6. The first-order valence-corrected chi connectivity index (χ1v) is 5.81. The van der Waals surface area contributed by atoms with E-state index in [0.717, 1.165) is 6.07 Å². The van der Waals surface area contributed by atoms with Crippen LogP contribution in [0.3, 0.4) is 0 Å². The Bertz CT molecular complexity index is 576. The van der Waals surface area contributed by atoms with Crippen LogP contribution in [0.1, 0.15) is 18.1 Å². The zero-order chi connectivity index (χ0) is 13.3. The molecule has 18 heavy (non-hydrogen) atoms. The Morgan fingerprint density at radius 3 is 2.39 bits per heavy atom. The lowest BCUT2D eigenvalue weighted by Crippen LogP contribution is -2.24. The van der Waals surface area contributed by atoms with Gasteiger partial charge in [0.25, 0.3) is 0 Å². The van der Waals surface area contributed by atoms with Crippen LogP contribution in [-0.2, 0) is 5.60 Å². The summed E-state index contributed by atoms with van der Waals surface area (Å²) in [5, 5.41) is 10.6. The van der Waals surface area contributed by atoms with E-state index in [1.54, 1.807) is 0 Å². The van der Waals surface area contributed by atoms with Gasteiger partial charge in [0.05, 0.1) is 5.02 Å². The number of hydrogen-bond acceptors (Lipinski definition) is 3. The van der Waals surface area contributed by atoms with Crippen LogP contribution in [0.25, 0.3) is 0 Å². The molecular formula is C12H9Cl2FN2O. The van der Waals surface area contributed by atoms with Gasteiger partial charge < -0.3 is 5.11 Å². The van der Waals surface area contributed by atoms with Crippen LogP contribution in [-0.4, -0.2) is 15.1 Å². The minimum absolute atomic E-state index is 0.0936. The summed E-state index contributed by atoms with van der Waals surface area (Å²) in [6, 6.07) is 2.36. The summed E-state index contributed by atoms with van der Waals surface area (Å²) in [6.45, 7) is 1.49. The van der Waals surface area contributed by atoms with E-state index in [1.165, 1.54) is 31.7 Å². The van der Waals surface area contributed by atoms with Crippen molar-refractivity contribution in [3.63, 3.8) is 0 Å². The summed E-state index contributed by atoms with van der Waals surface area (Å²) in [7, 11) is 0. The van der Waals surface area contributed by atoms with Crippen molar-refractivity contribution in [1.82, 2.24) is 9.97 Å². The molecule has 2 aromatic rings. The molecule has 94 valence electrons. The predicted octanol–water partition coefficient (Wildman–Crippen LogP) is 3.18. The fourth-order valence-corrected chi connectivity index (χ4v) is 2.17. The van der Waals surface area contributed by atoms with E-state index in [9.17, 15) is 9.50 Å². The molecule has 2 rings (SSSR count). The number of hydrogen-bond donors (Lipinski definition) is 1. The molecule has 1 N–H and O–H groups in total. The van der Waals surface area contributed by atoms with Crippen LogP contribution in [0.4, 0.5) is 4.39 Å². The number of aromatic nitrogens is 2. The van der Waals surface area contributed by atoms with Gasteiger partial charge in [-0.3, -0.25) is 0 Å². The lowest BCUT2D eigenvalue weighted by molar-refractivity contribution is 0.101. The maximum atomic E-state index is 13.5. The summed E-state index contributed by atoms with van der Waals surface area (Å²) < 4.78 is 13.5. The standard InChI is InChI=1S/C12H9Cl2FN2O/c1-12(18,7-4-16-6-17-5-7)8-2-11(15)10(14)3-9(8)13/h2-6,18H,1H3. The molecule has 0 spiro atoms. The molecule has 0 saturated carbocycles. The second-order valence-corrected chi connectivity index (χ2v) is 4.76. The topological polar surface area (TPSA) is 46.0 Å². The molecule has 0 fully saturated rings. The fourth-order valence-electron chi connectivity index (χ4n) is 1.60. The Morgan fingerprint density at radius 1 is 1.17 bits per heavy atom. The third-order valence-corrected chi connectivity index (χ3v) is 3.26. The van der Waals surface area contributed by atoms with Gasteiger partial charge in [0.2, 0.25) is 0 Å². The largest absolute Gasteiger partial charge is 0.381 e. The van der Waals surface area contributed by atoms with E-state index < -0.39 is 11.4 Å². The molecule has 1 atom stereocenters. The van der Waals surface area contributed by atoms with Crippen LogP contribution in [0.15, 0.2) is 30.9 Å². The number of nitrogens with zero attached hydrogens (tertiary/aromatic N) is 2. The Morgan fingerprint density at radius 2 is 1.78 bits per heavy atom. The van der Waals surface area contributed by atoms with Gasteiger partial charge in [-0.15, -0.1) is 0 Å². The Balaban J connectivity index is 2.58. The first-order chi connectivity index (χ1) is 8.43. The van der Waals surface area contributed by atoms with Crippen molar-refractivity contribution >= 4 is 23.2 Å². The number of rotatable bonds is 2. The van der Waals surface area contributed by atoms with E-state index in [0.29, 0.717) is 5.56 Å². The third kappa shape index (κ3) is 2.32. The molecule has 0 radical (unpaired) electrons. The van der Waals surface area contributed by atoms with Gasteiger partial charge in [-0.1, -0.05) is 23.2 Å². The van der Waals surface area contributed by atoms with Gasteiger partial charge in [-0.2, -0.15) is 0 Å². The summed E-state index contributed by atoms with van der Waals surface area (Å²) in [5.74, 6) is -0.645. The van der Waals surface area contributed by atoms with Crippen LogP contribution in [0.5, 0.6) is 0 Å². The van der Waals surface area contributed by atoms with Gasteiger partial charge >= 0.3 is 0 Å². The van der Waals surface area contributed by atoms with E-state index in [4.69, 9.17) is 23.2 Å². The lowest BCUT2D eigenvalue weighted by Gasteiger charge is -2.25. The highest BCUT2D eigenvalue weighted by Crippen LogP contribution is 2.35. The molecule has 0 aliphatic heterocycles. The average molecular weight is 287 g/mol. The molecule has 1 heterocycles. The Hall–Kier alpha value is -1.23. The van der Waals surface area contributed by atoms with Crippen LogP contribution in [0, 0.1) is 5.82 Å². The zero-order valence-corrected chi connectivity index (χ0v) is 10.9. The van der Waals surface area contributed by atoms with Gasteiger partial charge in [0.15, 0.2) is 0 Å². The third-order valence-electron chi connectivity index (χ3n) is 2.66. The molecule has 1 unspecified atom stereocenters. The highest BCUT2D eigenvalue weighted by atomic mass is 35.5. The molecule has 1 aromatic carbocycles. The van der Waals surface area contributed by atoms with Gasteiger partial charge in [-0.05, 0) is 19.1 Å². The number of halogens is 3. The van der Waals surface area contributed by atoms with Crippen molar-refractivity contribution in [2.45, 2.75) is 12.5 Å². The molecule has 3 nitrogen and oxygen atoms in total. The molecule has 0 bridgehead atoms. The second kappa shape index (κ2) is 4.80. The van der Waals surface area contributed by atoms with Crippen molar-refractivity contribution in [2.75, 3.05) is 0 Å². The Kier molecular flexibility index (Phi) is 3.52. The maximum Gasteiger partial charge on any atom is 0.142 e. The first-order valence-electron chi connectivity index (χ1n) is 5.06. The fraction of sp³-hybridized carbons (Fsp3) is 0.167. The van der Waals surface area contributed by atoms with Gasteiger partial charge in [0, 0.05) is 28.5 Å². The minimum atomic E-state index is -1.50. The summed E-state index contributed by atoms with van der Waals surface area (Å²) in [4.78, 5) is 7.62. The van der Waals surface area contributed by atoms with Crippen molar-refractivity contribution < 1.29 is 9.50 Å². The quantitative estimate of drug-likeness (QED) is 0.863. The lowest BCUT2D eigenvalue weighted by atomic mass is 9.90. The zero-order valence-electron chi connectivity index (χ0n) is 9.36. The normalized spacial score (nSPS) is 14.3. The second-order valence-electron chi connectivity index (χ2n) is 3.95. The van der Waals surface area contributed by atoms with Crippen molar-refractivity contribution in [2.24, 2.45) is 0 Å². The number of benzene rings is 1. The summed E-state index contributed by atoms with van der Waals surface area (Å²) in [5.41, 5.74) is -0.876. The molecular weight excluding hydrogens is 278 g/mol. The van der Waals surface area contributed by atoms with E-state index >= 15 is 0 Å². The van der Waals surface area contributed by atoms with Crippen LogP contribution < -0.4 is 0 Å². The van der Waals surface area contributed by atoms with E-state index in [1.807, 2.05) is 0 Å². The minimum Gasteiger partial charge on any atom is -0.381 e. The highest BCUT2D eigenvalue weighted by Gasteiger charge is 2.29. The van der Waals surface area contributed by atoms with Crippen molar-refractivity contribution in [3.05, 3.63) is 57.8 Å². The molecule has 0 amide bonds. The van der Waals surface area contributed by atoms with Crippen molar-refractivity contribution in [1.29, 1.82) is 0 Å². The smallest absolute Gasteiger partial charge is 0.142 e. The predicted molar refractivity (Wildman–Crippen MR) is 67.1 cm³/mol. The average Bonchev–Trinajstić information content (AvgIpc) is 2.34. The van der Waals surface area contributed by atoms with Crippen molar-refractivity contribution in [3.8, 4) is 0 Å². The first kappa shape index (κ1) is 13.2. The molecule has 1 aromatic heterocycles. The highest BCUT2D eigenvalue weighted by molar-refractivity contribution is 6.35. The number of aliphatic hydroxyl groups is 1. The molecule has 0 aliphatic carbocycles. The Labute approximate surface area is 113 Å². The molecule has 6 heteroatoms. The molecule has 0 saturated heterocycles. The van der Waals surface area contributed by atoms with Gasteiger partial charge in [-0.25, -0.2) is 14.4 Å². The molecule has 0 aliphatic rings. The van der Waals surface area contributed by atoms with Crippen LogP contribution in [0.2, 0.25) is 10.0 Å².